The lowest BCUT2D eigenvalue weighted by Gasteiger charge is -2.41. The van der Waals surface area contributed by atoms with E-state index in [9.17, 15) is 5.11 Å². The van der Waals surface area contributed by atoms with Crippen molar-refractivity contribution < 1.29 is 9.84 Å². The SMILES string of the molecule is CCc1ccc2nc3c(cc2c1)C(c1ccccc1)C(O)(CCN(C)Cc1ccccc1)c1cc(cc2ccccc12)O3. The van der Waals surface area contributed by atoms with Gasteiger partial charge >= 0.3 is 0 Å². The average Bonchev–Trinajstić information content (AvgIpc) is 3.04. The van der Waals surface area contributed by atoms with Crippen molar-refractivity contribution in [2.75, 3.05) is 13.6 Å². The molecule has 0 radical (unpaired) electrons. The molecule has 0 amide bonds. The van der Waals surface area contributed by atoms with Gasteiger partial charge in [0.25, 0.3) is 0 Å². The van der Waals surface area contributed by atoms with Crippen LogP contribution in [0.5, 0.6) is 11.6 Å². The van der Waals surface area contributed by atoms with Gasteiger partial charge in [-0.25, -0.2) is 4.98 Å². The van der Waals surface area contributed by atoms with Gasteiger partial charge in [0.2, 0.25) is 5.88 Å². The topological polar surface area (TPSA) is 45.6 Å². The molecule has 4 nitrogen and oxygen atoms in total. The van der Waals surface area contributed by atoms with E-state index in [0.29, 0.717) is 24.6 Å². The summed E-state index contributed by atoms with van der Waals surface area (Å²) in [4.78, 5) is 7.37. The molecular formula is C39H36N2O2. The lowest BCUT2D eigenvalue weighted by Crippen LogP contribution is -2.39. The second-order valence-electron chi connectivity index (χ2n) is 11.8. The van der Waals surface area contributed by atoms with Gasteiger partial charge < -0.3 is 14.7 Å². The molecular weight excluding hydrogens is 528 g/mol. The standard InChI is InChI=1S/C39H36N2O2/c1-3-27-18-19-36-31(22-27)24-34-37(29-14-8-5-9-15-29)39(42,20-21-41(2)26-28-12-6-4-7-13-28)35-25-32(43-38(34)40-36)23-30-16-10-11-17-33(30)35/h4-19,22-25,37,42H,3,20-21,26H2,1-2H3. The Bertz CT molecular complexity index is 1900. The molecule has 6 aromatic rings. The molecule has 4 heteroatoms. The van der Waals surface area contributed by atoms with Crippen molar-refractivity contribution in [2.24, 2.45) is 0 Å². The Labute approximate surface area is 253 Å². The van der Waals surface area contributed by atoms with Crippen LogP contribution in [0.15, 0.2) is 121 Å². The highest BCUT2D eigenvalue weighted by atomic mass is 16.5. The van der Waals surface area contributed by atoms with Gasteiger partial charge in [0.1, 0.15) is 11.4 Å². The number of rotatable bonds is 7. The third kappa shape index (κ3) is 5.18. The van der Waals surface area contributed by atoms with Crippen LogP contribution in [0.3, 0.4) is 0 Å². The molecule has 1 aliphatic rings. The fourth-order valence-corrected chi connectivity index (χ4v) is 6.67. The average molecular weight is 565 g/mol. The maximum Gasteiger partial charge on any atom is 0.223 e. The highest BCUT2D eigenvalue weighted by Crippen LogP contribution is 2.52. The molecule has 214 valence electrons. The van der Waals surface area contributed by atoms with Gasteiger partial charge in [-0.1, -0.05) is 97.9 Å². The number of benzene rings is 5. The summed E-state index contributed by atoms with van der Waals surface area (Å²) in [5.41, 5.74) is 4.96. The number of fused-ring (bicyclic) bond motifs is 6. The van der Waals surface area contributed by atoms with Crippen LogP contribution in [0.25, 0.3) is 21.7 Å². The number of hydrogen-bond donors (Lipinski definition) is 1. The predicted molar refractivity (Wildman–Crippen MR) is 175 cm³/mol. The Morgan fingerprint density at radius 3 is 2.33 bits per heavy atom. The number of aromatic nitrogens is 1. The Morgan fingerprint density at radius 2 is 1.53 bits per heavy atom. The van der Waals surface area contributed by atoms with Gasteiger partial charge in [-0.3, -0.25) is 0 Å². The molecule has 1 N–H and O–H groups in total. The fraction of sp³-hybridized carbons (Fsp3) is 0.205. The first-order valence-electron chi connectivity index (χ1n) is 15.2. The van der Waals surface area contributed by atoms with E-state index in [1.54, 1.807) is 0 Å². The third-order valence-corrected chi connectivity index (χ3v) is 8.89. The number of ether oxygens (including phenoxy) is 1. The van der Waals surface area contributed by atoms with Gasteiger partial charge in [-0.2, -0.15) is 0 Å². The largest absolute Gasteiger partial charge is 0.439 e. The zero-order valence-corrected chi connectivity index (χ0v) is 24.7. The Morgan fingerprint density at radius 1 is 0.791 bits per heavy atom. The van der Waals surface area contributed by atoms with Crippen LogP contribution in [-0.2, 0) is 18.6 Å². The van der Waals surface area contributed by atoms with Gasteiger partial charge in [-0.05, 0) is 83.2 Å². The molecule has 2 unspecified atom stereocenters. The van der Waals surface area contributed by atoms with Crippen molar-refractivity contribution in [1.82, 2.24) is 9.88 Å². The van der Waals surface area contributed by atoms with Crippen LogP contribution in [0.4, 0.5) is 0 Å². The molecule has 2 heterocycles. The molecule has 2 atom stereocenters. The molecule has 2 bridgehead atoms. The highest BCUT2D eigenvalue weighted by Gasteiger charge is 2.44. The van der Waals surface area contributed by atoms with E-state index in [2.05, 4.69) is 110 Å². The fourth-order valence-electron chi connectivity index (χ4n) is 6.67. The minimum Gasteiger partial charge on any atom is -0.439 e. The highest BCUT2D eigenvalue weighted by molar-refractivity contribution is 5.89. The molecule has 0 spiro atoms. The van der Waals surface area contributed by atoms with Crippen LogP contribution in [-0.4, -0.2) is 28.6 Å². The molecule has 5 aromatic carbocycles. The van der Waals surface area contributed by atoms with Crippen LogP contribution in [0.1, 0.15) is 47.1 Å². The lowest BCUT2D eigenvalue weighted by molar-refractivity contribution is 0.00230. The first-order chi connectivity index (χ1) is 21.0. The smallest absolute Gasteiger partial charge is 0.223 e. The minimum atomic E-state index is -1.25. The first kappa shape index (κ1) is 27.3. The summed E-state index contributed by atoms with van der Waals surface area (Å²) >= 11 is 0. The Kier molecular flexibility index (Phi) is 7.18. The van der Waals surface area contributed by atoms with Gasteiger partial charge in [0.15, 0.2) is 0 Å². The van der Waals surface area contributed by atoms with E-state index < -0.39 is 11.5 Å². The normalized spacial score (nSPS) is 17.8. The summed E-state index contributed by atoms with van der Waals surface area (Å²) in [5.74, 6) is 0.826. The summed E-state index contributed by atoms with van der Waals surface area (Å²) in [6.45, 7) is 3.67. The summed E-state index contributed by atoms with van der Waals surface area (Å²) < 4.78 is 6.63. The van der Waals surface area contributed by atoms with Crippen molar-refractivity contribution >= 4 is 21.7 Å². The Hall–Kier alpha value is -4.51. The van der Waals surface area contributed by atoms with E-state index in [0.717, 1.165) is 51.3 Å². The maximum absolute atomic E-state index is 13.4. The zero-order valence-electron chi connectivity index (χ0n) is 24.7. The Balaban J connectivity index is 1.45. The summed E-state index contributed by atoms with van der Waals surface area (Å²) in [6, 6.07) is 41.9. The summed E-state index contributed by atoms with van der Waals surface area (Å²) in [7, 11) is 2.13. The lowest BCUT2D eigenvalue weighted by atomic mass is 9.70. The first-order valence-corrected chi connectivity index (χ1v) is 15.2. The van der Waals surface area contributed by atoms with Gasteiger partial charge in [-0.15, -0.1) is 0 Å². The number of pyridine rings is 1. The molecule has 43 heavy (non-hydrogen) atoms. The van der Waals surface area contributed by atoms with Crippen LogP contribution >= 0.6 is 0 Å². The van der Waals surface area contributed by atoms with Crippen LogP contribution < -0.4 is 4.74 Å². The van der Waals surface area contributed by atoms with Crippen LogP contribution in [0, 0.1) is 0 Å². The summed E-state index contributed by atoms with van der Waals surface area (Å²) in [6.07, 6.45) is 1.47. The van der Waals surface area contributed by atoms with Gasteiger partial charge in [0.05, 0.1) is 5.52 Å². The summed E-state index contributed by atoms with van der Waals surface area (Å²) in [5, 5.41) is 16.5. The van der Waals surface area contributed by atoms with E-state index in [4.69, 9.17) is 9.72 Å². The molecule has 7 rings (SSSR count). The van der Waals surface area contributed by atoms with E-state index >= 15 is 0 Å². The molecule has 1 aliphatic heterocycles. The quantitative estimate of drug-likeness (QED) is 0.211. The van der Waals surface area contributed by atoms with E-state index in [-0.39, 0.29) is 0 Å². The van der Waals surface area contributed by atoms with Crippen molar-refractivity contribution in [1.29, 1.82) is 0 Å². The third-order valence-electron chi connectivity index (χ3n) is 8.89. The monoisotopic (exact) mass is 564 g/mol. The van der Waals surface area contributed by atoms with Crippen molar-refractivity contribution in [2.45, 2.75) is 37.8 Å². The molecule has 0 aliphatic carbocycles. The van der Waals surface area contributed by atoms with E-state index in [1.165, 1.54) is 11.1 Å². The molecule has 0 fully saturated rings. The van der Waals surface area contributed by atoms with E-state index in [1.807, 2.05) is 30.3 Å². The van der Waals surface area contributed by atoms with Crippen LogP contribution in [0.2, 0.25) is 0 Å². The number of aryl methyl sites for hydroxylation is 1. The second kappa shape index (κ2) is 11.3. The molecule has 0 saturated heterocycles. The van der Waals surface area contributed by atoms with Crippen molar-refractivity contribution in [3.63, 3.8) is 0 Å². The van der Waals surface area contributed by atoms with Gasteiger partial charge in [0, 0.05) is 30.0 Å². The number of hydrogen-bond acceptors (Lipinski definition) is 4. The van der Waals surface area contributed by atoms with Crippen molar-refractivity contribution in [3.8, 4) is 11.6 Å². The number of aliphatic hydroxyl groups is 1. The second-order valence-corrected chi connectivity index (χ2v) is 11.8. The minimum absolute atomic E-state index is 0.407. The molecule has 1 aromatic heterocycles. The number of nitrogens with zero attached hydrogens (tertiary/aromatic N) is 2. The predicted octanol–water partition coefficient (Wildman–Crippen LogP) is 8.60. The zero-order chi connectivity index (χ0) is 29.4. The maximum atomic E-state index is 13.4. The molecule has 0 saturated carbocycles. The van der Waals surface area contributed by atoms with Crippen molar-refractivity contribution in [3.05, 3.63) is 149 Å².